The third-order valence-electron chi connectivity index (χ3n) is 3.55. The first-order valence-electron chi connectivity index (χ1n) is 6.19. The summed E-state index contributed by atoms with van der Waals surface area (Å²) in [5.74, 6) is -1.23. The summed E-state index contributed by atoms with van der Waals surface area (Å²) in [4.78, 5) is 25.3. The predicted octanol–water partition coefficient (Wildman–Crippen LogP) is 1.07. The van der Waals surface area contributed by atoms with Crippen molar-refractivity contribution in [2.45, 2.75) is 13.8 Å². The number of carboxylic acids is 1. The Morgan fingerprint density at radius 3 is 2.21 bits per heavy atom. The van der Waals surface area contributed by atoms with Crippen LogP contribution < -0.4 is 0 Å². The third-order valence-corrected chi connectivity index (χ3v) is 3.55. The number of aromatic carboxylic acids is 1. The zero-order valence-electron chi connectivity index (χ0n) is 11.0. The highest BCUT2D eigenvalue weighted by Crippen LogP contribution is 2.24. The lowest BCUT2D eigenvalue weighted by Crippen LogP contribution is -2.51. The Hall–Kier alpha value is -1.88. The minimum atomic E-state index is -1.08. The summed E-state index contributed by atoms with van der Waals surface area (Å²) >= 11 is 0. The van der Waals surface area contributed by atoms with Crippen LogP contribution in [0.5, 0.6) is 0 Å². The average molecular weight is 263 g/mol. The molecule has 0 aromatic heterocycles. The van der Waals surface area contributed by atoms with E-state index >= 15 is 0 Å². The number of carboxylic acid groups (broad SMARTS) is 1. The molecule has 1 amide bonds. The van der Waals surface area contributed by atoms with Gasteiger partial charge in [-0.2, -0.15) is 0 Å². The van der Waals surface area contributed by atoms with Gasteiger partial charge in [0.15, 0.2) is 0 Å². The molecule has 0 atom stereocenters. The van der Waals surface area contributed by atoms with Crippen LogP contribution in [0.15, 0.2) is 12.1 Å². The Morgan fingerprint density at radius 1 is 1.21 bits per heavy atom. The van der Waals surface area contributed by atoms with Gasteiger partial charge in [0.25, 0.3) is 5.91 Å². The van der Waals surface area contributed by atoms with Gasteiger partial charge in [-0.05, 0) is 25.0 Å². The fourth-order valence-electron chi connectivity index (χ4n) is 2.37. The normalized spacial score (nSPS) is 15.2. The third kappa shape index (κ3) is 2.33. The number of likely N-dealkylation sites (tertiary alicyclic amines) is 1. The fraction of sp³-hybridized carbons (Fsp3) is 0.429. The molecular weight excluding hydrogens is 246 g/mol. The zero-order valence-corrected chi connectivity index (χ0v) is 11.0. The molecule has 2 rings (SSSR count). The molecule has 1 heterocycles. The molecule has 0 saturated carbocycles. The molecule has 1 aromatic rings. The molecule has 0 aliphatic carbocycles. The number of hydrogen-bond acceptors (Lipinski definition) is 3. The predicted molar refractivity (Wildman–Crippen MR) is 69.4 cm³/mol. The highest BCUT2D eigenvalue weighted by molar-refractivity contribution is 6.06. The molecule has 5 nitrogen and oxygen atoms in total. The van der Waals surface area contributed by atoms with Crippen LogP contribution in [0.1, 0.15) is 31.8 Å². The Labute approximate surface area is 111 Å². The first kappa shape index (κ1) is 13.5. The second-order valence-corrected chi connectivity index (χ2v) is 5.01. The lowest BCUT2D eigenvalue weighted by Gasteiger charge is -2.38. The van der Waals surface area contributed by atoms with Crippen LogP contribution in [0.25, 0.3) is 0 Å². The Kier molecular flexibility index (Phi) is 3.57. The van der Waals surface area contributed by atoms with Gasteiger partial charge in [-0.1, -0.05) is 12.1 Å². The topological polar surface area (TPSA) is 77.8 Å². The second-order valence-electron chi connectivity index (χ2n) is 5.01. The van der Waals surface area contributed by atoms with Crippen LogP contribution in [0, 0.1) is 19.8 Å². The molecule has 19 heavy (non-hydrogen) atoms. The van der Waals surface area contributed by atoms with E-state index in [0.29, 0.717) is 24.2 Å². The summed E-state index contributed by atoms with van der Waals surface area (Å²) in [7, 11) is 0. The molecule has 0 spiro atoms. The molecule has 5 heteroatoms. The molecule has 1 aliphatic heterocycles. The van der Waals surface area contributed by atoms with Gasteiger partial charge >= 0.3 is 5.97 Å². The van der Waals surface area contributed by atoms with Crippen molar-refractivity contribution in [2.75, 3.05) is 19.7 Å². The van der Waals surface area contributed by atoms with Crippen LogP contribution >= 0.6 is 0 Å². The first-order valence-corrected chi connectivity index (χ1v) is 6.19. The summed E-state index contributed by atoms with van der Waals surface area (Å²) in [6, 6.07) is 3.47. The summed E-state index contributed by atoms with van der Waals surface area (Å²) in [6.45, 7) is 4.46. The van der Waals surface area contributed by atoms with E-state index in [2.05, 4.69) is 0 Å². The van der Waals surface area contributed by atoms with E-state index in [4.69, 9.17) is 5.11 Å². The number of hydrogen-bond donors (Lipinski definition) is 2. The van der Waals surface area contributed by atoms with Crippen molar-refractivity contribution in [1.29, 1.82) is 0 Å². The van der Waals surface area contributed by atoms with Gasteiger partial charge in [0.05, 0.1) is 11.1 Å². The van der Waals surface area contributed by atoms with Gasteiger partial charge in [-0.25, -0.2) is 4.79 Å². The lowest BCUT2D eigenvalue weighted by atomic mass is 9.93. The van der Waals surface area contributed by atoms with Crippen molar-refractivity contribution in [2.24, 2.45) is 5.92 Å². The van der Waals surface area contributed by atoms with E-state index in [1.807, 2.05) is 0 Å². The maximum absolute atomic E-state index is 12.4. The van der Waals surface area contributed by atoms with E-state index in [9.17, 15) is 14.7 Å². The number of aliphatic hydroxyl groups is 1. The van der Waals surface area contributed by atoms with Gasteiger partial charge in [-0.3, -0.25) is 4.79 Å². The van der Waals surface area contributed by atoms with E-state index in [-0.39, 0.29) is 29.6 Å². The number of aryl methyl sites for hydroxylation is 2. The number of nitrogens with zero attached hydrogens (tertiary/aromatic N) is 1. The molecule has 1 aromatic carbocycles. The van der Waals surface area contributed by atoms with Crippen molar-refractivity contribution in [3.63, 3.8) is 0 Å². The molecule has 2 N–H and O–H groups in total. The molecule has 1 saturated heterocycles. The van der Waals surface area contributed by atoms with Crippen molar-refractivity contribution >= 4 is 11.9 Å². The van der Waals surface area contributed by atoms with E-state index in [1.54, 1.807) is 30.9 Å². The van der Waals surface area contributed by atoms with Crippen molar-refractivity contribution in [3.8, 4) is 0 Å². The highest BCUT2D eigenvalue weighted by Gasteiger charge is 2.33. The maximum atomic E-state index is 12.4. The van der Waals surface area contributed by atoms with E-state index in [0.717, 1.165) is 0 Å². The lowest BCUT2D eigenvalue weighted by molar-refractivity contribution is 0.0356. The number of aliphatic hydroxyl groups excluding tert-OH is 1. The number of carbonyl (C=O) groups excluding carboxylic acids is 1. The number of benzene rings is 1. The largest absolute Gasteiger partial charge is 0.478 e. The van der Waals surface area contributed by atoms with Gasteiger partial charge in [0, 0.05) is 25.6 Å². The number of carbonyl (C=O) groups is 2. The summed E-state index contributed by atoms with van der Waals surface area (Å²) in [6.07, 6.45) is 0. The standard InChI is InChI=1S/C14H17NO4/c1-8-3-4-9(2)12(14(18)19)11(8)13(17)15-5-10(6-15)7-16/h3-4,10,16H,5-7H2,1-2H3,(H,18,19). The van der Waals surface area contributed by atoms with Crippen molar-refractivity contribution in [1.82, 2.24) is 4.90 Å². The molecule has 0 unspecified atom stereocenters. The second kappa shape index (κ2) is 5.01. The van der Waals surface area contributed by atoms with Gasteiger partial charge in [-0.15, -0.1) is 0 Å². The molecule has 1 aliphatic rings. The maximum Gasteiger partial charge on any atom is 0.336 e. The molecule has 0 radical (unpaired) electrons. The minimum absolute atomic E-state index is 0.0579. The van der Waals surface area contributed by atoms with Crippen LogP contribution in [-0.4, -0.2) is 46.7 Å². The molecule has 102 valence electrons. The van der Waals surface area contributed by atoms with Gasteiger partial charge < -0.3 is 15.1 Å². The fourth-order valence-corrected chi connectivity index (χ4v) is 2.37. The summed E-state index contributed by atoms with van der Waals surface area (Å²) in [5, 5.41) is 18.2. The van der Waals surface area contributed by atoms with Crippen molar-refractivity contribution < 1.29 is 19.8 Å². The van der Waals surface area contributed by atoms with Gasteiger partial charge in [0.1, 0.15) is 0 Å². The molecular formula is C14H17NO4. The molecule has 1 fully saturated rings. The van der Waals surface area contributed by atoms with E-state index < -0.39 is 5.97 Å². The van der Waals surface area contributed by atoms with E-state index in [1.165, 1.54) is 0 Å². The van der Waals surface area contributed by atoms with Crippen molar-refractivity contribution in [3.05, 3.63) is 34.4 Å². The van der Waals surface area contributed by atoms with Crippen LogP contribution in [0.4, 0.5) is 0 Å². The zero-order chi connectivity index (χ0) is 14.2. The Bertz CT molecular complexity index is 532. The quantitative estimate of drug-likeness (QED) is 0.855. The van der Waals surface area contributed by atoms with Crippen LogP contribution in [0.2, 0.25) is 0 Å². The Balaban J connectivity index is 2.36. The SMILES string of the molecule is Cc1ccc(C)c(C(=O)N2CC(CO)C2)c1C(=O)O. The average Bonchev–Trinajstić information content (AvgIpc) is 2.29. The highest BCUT2D eigenvalue weighted by atomic mass is 16.4. The number of rotatable bonds is 3. The Morgan fingerprint density at radius 2 is 1.74 bits per heavy atom. The monoisotopic (exact) mass is 263 g/mol. The van der Waals surface area contributed by atoms with Gasteiger partial charge in [0.2, 0.25) is 0 Å². The first-order chi connectivity index (χ1) is 8.95. The molecule has 0 bridgehead atoms. The number of amides is 1. The summed E-state index contributed by atoms with van der Waals surface area (Å²) in [5.41, 5.74) is 1.60. The van der Waals surface area contributed by atoms with Crippen LogP contribution in [0.3, 0.4) is 0 Å². The summed E-state index contributed by atoms with van der Waals surface area (Å²) < 4.78 is 0. The minimum Gasteiger partial charge on any atom is -0.478 e. The van der Waals surface area contributed by atoms with Crippen LogP contribution in [-0.2, 0) is 0 Å². The smallest absolute Gasteiger partial charge is 0.336 e.